The molecule has 21 heavy (non-hydrogen) atoms. The summed E-state index contributed by atoms with van der Waals surface area (Å²) in [6.45, 7) is 4.87. The van der Waals surface area contributed by atoms with E-state index in [1.165, 1.54) is 12.1 Å². The zero-order valence-corrected chi connectivity index (χ0v) is 12.0. The highest BCUT2D eigenvalue weighted by atomic mass is 19.1. The lowest BCUT2D eigenvalue weighted by atomic mass is 10.2. The van der Waals surface area contributed by atoms with Crippen molar-refractivity contribution in [1.29, 1.82) is 0 Å². The number of carboxylic acid groups (broad SMARTS) is 1. The minimum Gasteiger partial charge on any atom is -0.484 e. The van der Waals surface area contributed by atoms with Crippen molar-refractivity contribution in [3.8, 4) is 5.75 Å². The molecular weight excluding hydrogens is 275 g/mol. The van der Waals surface area contributed by atoms with E-state index in [1.54, 1.807) is 0 Å². The molecule has 0 saturated carbocycles. The highest BCUT2D eigenvalue weighted by Gasteiger charge is 2.11. The molecule has 0 spiro atoms. The summed E-state index contributed by atoms with van der Waals surface area (Å²) >= 11 is 0. The van der Waals surface area contributed by atoms with Gasteiger partial charge in [0, 0.05) is 6.54 Å². The van der Waals surface area contributed by atoms with Crippen molar-refractivity contribution in [2.24, 2.45) is 0 Å². The van der Waals surface area contributed by atoms with Crippen molar-refractivity contribution in [2.75, 3.05) is 0 Å². The summed E-state index contributed by atoms with van der Waals surface area (Å²) in [7, 11) is 0. The molecule has 1 aromatic carbocycles. The summed E-state index contributed by atoms with van der Waals surface area (Å²) in [5, 5.41) is 13.2. The van der Waals surface area contributed by atoms with Crippen LogP contribution in [0.1, 0.15) is 35.6 Å². The van der Waals surface area contributed by atoms with E-state index >= 15 is 0 Å². The summed E-state index contributed by atoms with van der Waals surface area (Å²) in [4.78, 5) is 10.7. The van der Waals surface area contributed by atoms with Gasteiger partial charge in [-0.25, -0.2) is 9.18 Å². The number of aromatic nitrogens is 2. The van der Waals surface area contributed by atoms with Crippen molar-refractivity contribution in [2.45, 2.75) is 33.4 Å². The third-order valence-electron chi connectivity index (χ3n) is 3.13. The van der Waals surface area contributed by atoms with E-state index in [0.29, 0.717) is 6.54 Å². The van der Waals surface area contributed by atoms with Crippen LogP contribution < -0.4 is 4.74 Å². The Kier molecular flexibility index (Phi) is 4.57. The molecule has 0 unspecified atom stereocenters. The van der Waals surface area contributed by atoms with E-state index in [0.717, 1.165) is 23.9 Å². The molecule has 5 nitrogen and oxygen atoms in total. The maximum atomic E-state index is 13.8. The molecule has 0 saturated heterocycles. The van der Waals surface area contributed by atoms with Crippen LogP contribution >= 0.6 is 0 Å². The molecule has 0 atom stereocenters. The number of aromatic carboxylic acids is 1. The van der Waals surface area contributed by atoms with Gasteiger partial charge in [-0.3, -0.25) is 4.68 Å². The van der Waals surface area contributed by atoms with E-state index in [4.69, 9.17) is 9.84 Å². The summed E-state index contributed by atoms with van der Waals surface area (Å²) < 4.78 is 21.0. The van der Waals surface area contributed by atoms with Gasteiger partial charge in [-0.05, 0) is 37.6 Å². The van der Waals surface area contributed by atoms with Crippen molar-refractivity contribution in [3.05, 3.63) is 47.0 Å². The molecule has 0 bridgehead atoms. The van der Waals surface area contributed by atoms with Gasteiger partial charge in [-0.2, -0.15) is 5.10 Å². The molecule has 0 amide bonds. The van der Waals surface area contributed by atoms with Crippen molar-refractivity contribution < 1.29 is 19.0 Å². The number of hydrogen-bond acceptors (Lipinski definition) is 3. The third kappa shape index (κ3) is 3.39. The van der Waals surface area contributed by atoms with Gasteiger partial charge < -0.3 is 9.84 Å². The number of ether oxygens (including phenoxy) is 1. The third-order valence-corrected chi connectivity index (χ3v) is 3.13. The zero-order chi connectivity index (χ0) is 15.4. The summed E-state index contributed by atoms with van der Waals surface area (Å²) in [5.74, 6) is -1.83. The van der Waals surface area contributed by atoms with E-state index in [9.17, 15) is 9.18 Å². The molecule has 0 aliphatic heterocycles. The van der Waals surface area contributed by atoms with Crippen LogP contribution in [0.4, 0.5) is 4.39 Å². The summed E-state index contributed by atoms with van der Waals surface area (Å²) in [5.41, 5.74) is 1.71. The average molecular weight is 292 g/mol. The zero-order valence-electron chi connectivity index (χ0n) is 12.0. The molecule has 6 heteroatoms. The maximum Gasteiger partial charge on any atom is 0.335 e. The first-order chi connectivity index (χ1) is 10.0. The molecule has 2 aromatic rings. The quantitative estimate of drug-likeness (QED) is 0.889. The number of halogens is 1. The number of carboxylic acids is 1. The van der Waals surface area contributed by atoms with Gasteiger partial charge in [0.05, 0.1) is 17.0 Å². The van der Waals surface area contributed by atoms with Gasteiger partial charge in [0.25, 0.3) is 0 Å². The predicted molar refractivity (Wildman–Crippen MR) is 75.0 cm³/mol. The number of hydrogen-bond donors (Lipinski definition) is 1. The Morgan fingerprint density at radius 3 is 2.71 bits per heavy atom. The monoisotopic (exact) mass is 292 g/mol. The van der Waals surface area contributed by atoms with E-state index in [2.05, 4.69) is 5.10 Å². The second-order valence-corrected chi connectivity index (χ2v) is 4.54. The van der Waals surface area contributed by atoms with Gasteiger partial charge >= 0.3 is 5.97 Å². The van der Waals surface area contributed by atoms with Crippen molar-refractivity contribution in [3.63, 3.8) is 0 Å². The Bertz CT molecular complexity index is 652. The minimum atomic E-state index is -1.17. The Morgan fingerprint density at radius 2 is 2.14 bits per heavy atom. The lowest BCUT2D eigenvalue weighted by Crippen LogP contribution is -2.07. The number of aryl methyl sites for hydroxylation is 2. The van der Waals surface area contributed by atoms with Crippen LogP contribution in [0.15, 0.2) is 24.3 Å². The molecule has 2 rings (SSSR count). The summed E-state index contributed by atoms with van der Waals surface area (Å²) in [6.07, 6.45) is 0.821. The van der Waals surface area contributed by atoms with Gasteiger partial charge in [0.1, 0.15) is 6.61 Å². The highest BCUT2D eigenvalue weighted by Crippen LogP contribution is 2.20. The fourth-order valence-electron chi connectivity index (χ4n) is 1.98. The van der Waals surface area contributed by atoms with Gasteiger partial charge in [0.15, 0.2) is 11.6 Å². The lowest BCUT2D eigenvalue weighted by molar-refractivity contribution is 0.0696. The topological polar surface area (TPSA) is 64.3 Å². The van der Waals surface area contributed by atoms with Gasteiger partial charge in [-0.15, -0.1) is 0 Å². The Balaban J connectivity index is 2.13. The summed E-state index contributed by atoms with van der Waals surface area (Å²) in [6, 6.07) is 5.51. The van der Waals surface area contributed by atoms with Crippen LogP contribution in [0.5, 0.6) is 5.75 Å². The molecule has 0 aliphatic rings. The van der Waals surface area contributed by atoms with E-state index in [1.807, 2.05) is 24.6 Å². The fourth-order valence-corrected chi connectivity index (χ4v) is 1.98. The van der Waals surface area contributed by atoms with Crippen LogP contribution in [0.3, 0.4) is 0 Å². The van der Waals surface area contributed by atoms with Crippen LogP contribution in [-0.4, -0.2) is 20.9 Å². The van der Waals surface area contributed by atoms with E-state index in [-0.39, 0.29) is 17.9 Å². The van der Waals surface area contributed by atoms with Crippen molar-refractivity contribution >= 4 is 5.97 Å². The standard InChI is InChI=1S/C15H17FN2O3/c1-3-11-8-12(18(4-2)17-11)9-21-14-6-5-10(15(19)20)7-13(14)16/h5-8H,3-4,9H2,1-2H3,(H,19,20). The Morgan fingerprint density at radius 1 is 1.38 bits per heavy atom. The second-order valence-electron chi connectivity index (χ2n) is 4.54. The largest absolute Gasteiger partial charge is 0.484 e. The minimum absolute atomic E-state index is 0.0295. The average Bonchev–Trinajstić information content (AvgIpc) is 2.88. The number of benzene rings is 1. The fraction of sp³-hybridized carbons (Fsp3) is 0.333. The highest BCUT2D eigenvalue weighted by molar-refractivity contribution is 5.87. The molecule has 0 aliphatic carbocycles. The smallest absolute Gasteiger partial charge is 0.335 e. The van der Waals surface area contributed by atoms with Crippen LogP contribution in [-0.2, 0) is 19.6 Å². The molecule has 0 radical (unpaired) electrons. The van der Waals surface area contributed by atoms with E-state index < -0.39 is 11.8 Å². The van der Waals surface area contributed by atoms with Crippen molar-refractivity contribution in [1.82, 2.24) is 9.78 Å². The second kappa shape index (κ2) is 6.39. The molecule has 1 heterocycles. The molecule has 1 N–H and O–H groups in total. The van der Waals surface area contributed by atoms with Gasteiger partial charge in [0.2, 0.25) is 0 Å². The first-order valence-corrected chi connectivity index (χ1v) is 6.76. The van der Waals surface area contributed by atoms with Gasteiger partial charge in [-0.1, -0.05) is 6.92 Å². The number of nitrogens with zero attached hydrogens (tertiary/aromatic N) is 2. The molecule has 112 valence electrons. The Hall–Kier alpha value is -2.37. The van der Waals surface area contributed by atoms with Crippen LogP contribution in [0.25, 0.3) is 0 Å². The predicted octanol–water partition coefficient (Wildman–Crippen LogP) is 2.88. The lowest BCUT2D eigenvalue weighted by Gasteiger charge is -2.09. The number of rotatable bonds is 6. The first kappa shape index (κ1) is 15.0. The molecule has 0 fully saturated rings. The molecule has 1 aromatic heterocycles. The molecular formula is C15H17FN2O3. The normalized spacial score (nSPS) is 10.6. The van der Waals surface area contributed by atoms with Crippen LogP contribution in [0.2, 0.25) is 0 Å². The first-order valence-electron chi connectivity index (χ1n) is 6.76. The SMILES string of the molecule is CCc1cc(COc2ccc(C(=O)O)cc2F)n(CC)n1. The Labute approximate surface area is 122 Å². The maximum absolute atomic E-state index is 13.8. The number of carbonyl (C=O) groups is 1. The van der Waals surface area contributed by atoms with Crippen LogP contribution in [0, 0.1) is 5.82 Å².